The zero-order valence-electron chi connectivity index (χ0n) is 12.0. The maximum absolute atomic E-state index is 10.7. The van der Waals surface area contributed by atoms with Crippen molar-refractivity contribution in [2.24, 2.45) is 0 Å². The molecule has 1 aromatic carbocycles. The van der Waals surface area contributed by atoms with Crippen molar-refractivity contribution in [2.45, 2.75) is 0 Å². The van der Waals surface area contributed by atoms with Crippen molar-refractivity contribution >= 4 is 17.3 Å². The second kappa shape index (κ2) is 5.42. The van der Waals surface area contributed by atoms with E-state index in [2.05, 4.69) is 19.9 Å². The largest absolute Gasteiger partial charge is 0.439 e. The Morgan fingerprint density at radius 1 is 1.13 bits per heavy atom. The predicted octanol–water partition coefficient (Wildman–Crippen LogP) is 3.56. The number of nitrogens with one attached hydrogen (secondary N) is 2. The van der Waals surface area contributed by atoms with Gasteiger partial charge in [0.1, 0.15) is 11.6 Å². The Morgan fingerprint density at radius 3 is 2.96 bits per heavy atom. The van der Waals surface area contributed by atoms with Crippen LogP contribution in [0, 0.1) is 0 Å². The summed E-state index contributed by atoms with van der Waals surface area (Å²) in [5, 5.41) is 0. The van der Waals surface area contributed by atoms with E-state index in [1.54, 1.807) is 0 Å². The van der Waals surface area contributed by atoms with Crippen molar-refractivity contribution in [1.29, 1.82) is 0 Å². The molecule has 0 saturated heterocycles. The van der Waals surface area contributed by atoms with E-state index >= 15 is 0 Å². The van der Waals surface area contributed by atoms with Gasteiger partial charge in [0, 0.05) is 17.8 Å². The van der Waals surface area contributed by atoms with E-state index in [0.29, 0.717) is 23.1 Å². The average molecular weight is 304 g/mol. The molecule has 4 aromatic rings. The molecular formula is C17H12N4O2. The van der Waals surface area contributed by atoms with Gasteiger partial charge in [-0.25, -0.2) is 9.97 Å². The highest BCUT2D eigenvalue weighted by Gasteiger charge is 2.06. The molecule has 6 nitrogen and oxygen atoms in total. The Hall–Kier alpha value is -3.41. The van der Waals surface area contributed by atoms with E-state index in [1.807, 2.05) is 48.7 Å². The van der Waals surface area contributed by atoms with Gasteiger partial charge < -0.3 is 14.7 Å². The molecule has 3 aromatic heterocycles. The number of aromatic nitrogens is 4. The third kappa shape index (κ3) is 2.57. The van der Waals surface area contributed by atoms with Crippen LogP contribution >= 0.6 is 0 Å². The van der Waals surface area contributed by atoms with Crippen LogP contribution in [-0.2, 0) is 0 Å². The van der Waals surface area contributed by atoms with Crippen LogP contribution in [0.2, 0.25) is 0 Å². The molecule has 0 aliphatic rings. The van der Waals surface area contributed by atoms with Crippen molar-refractivity contribution in [3.63, 3.8) is 0 Å². The fraction of sp³-hybridized carbons (Fsp3) is 0. The van der Waals surface area contributed by atoms with Crippen LogP contribution in [0.15, 0.2) is 54.9 Å². The van der Waals surface area contributed by atoms with Gasteiger partial charge in [0.15, 0.2) is 6.29 Å². The molecule has 0 amide bonds. The fourth-order valence-electron chi connectivity index (χ4n) is 2.34. The molecule has 23 heavy (non-hydrogen) atoms. The maximum Gasteiger partial charge on any atom is 0.219 e. The zero-order chi connectivity index (χ0) is 15.6. The first-order chi connectivity index (χ1) is 11.3. The van der Waals surface area contributed by atoms with Gasteiger partial charge in [0.05, 0.1) is 22.9 Å². The molecule has 112 valence electrons. The molecule has 0 spiro atoms. The standard InChI is InChI=1S/C17H12N4O2/c22-10-12-9-19-17(20-12)11-2-1-3-13(8-11)23-16-5-4-14-15(21-16)6-7-18-14/h1-10,18H,(H,19,20). The van der Waals surface area contributed by atoms with E-state index in [9.17, 15) is 4.79 Å². The lowest BCUT2D eigenvalue weighted by Gasteiger charge is -2.06. The van der Waals surface area contributed by atoms with Gasteiger partial charge in [0.2, 0.25) is 5.88 Å². The molecule has 4 rings (SSSR count). The SMILES string of the molecule is O=Cc1cnc(-c2cccc(Oc3ccc4[nH]ccc4n3)c2)[nH]1. The number of carbonyl (C=O) groups is 1. The van der Waals surface area contributed by atoms with Crippen molar-refractivity contribution in [1.82, 2.24) is 19.9 Å². The van der Waals surface area contributed by atoms with Crippen LogP contribution in [0.4, 0.5) is 0 Å². The van der Waals surface area contributed by atoms with E-state index < -0.39 is 0 Å². The number of hydrogen-bond acceptors (Lipinski definition) is 4. The first kappa shape index (κ1) is 13.3. The molecule has 0 radical (unpaired) electrons. The molecule has 6 heteroatoms. The molecule has 0 unspecified atom stereocenters. The summed E-state index contributed by atoms with van der Waals surface area (Å²) in [5.74, 6) is 1.78. The van der Waals surface area contributed by atoms with Crippen LogP contribution in [0.1, 0.15) is 10.5 Å². The highest BCUT2D eigenvalue weighted by atomic mass is 16.5. The van der Waals surface area contributed by atoms with Crippen LogP contribution in [0.5, 0.6) is 11.6 Å². The summed E-state index contributed by atoms with van der Waals surface area (Å²) >= 11 is 0. The van der Waals surface area contributed by atoms with Crippen molar-refractivity contribution in [2.75, 3.05) is 0 Å². The summed E-state index contributed by atoms with van der Waals surface area (Å²) in [6.45, 7) is 0. The summed E-state index contributed by atoms with van der Waals surface area (Å²) in [6, 6.07) is 13.1. The lowest BCUT2D eigenvalue weighted by molar-refractivity contribution is 0.111. The van der Waals surface area contributed by atoms with Crippen LogP contribution in [-0.4, -0.2) is 26.2 Å². The number of ether oxygens (including phenoxy) is 1. The normalized spacial score (nSPS) is 10.8. The minimum atomic E-state index is 0.436. The fourth-order valence-corrected chi connectivity index (χ4v) is 2.34. The van der Waals surface area contributed by atoms with Gasteiger partial charge in [-0.2, -0.15) is 0 Å². The molecular weight excluding hydrogens is 292 g/mol. The first-order valence-electron chi connectivity index (χ1n) is 7.04. The molecule has 0 bridgehead atoms. The quantitative estimate of drug-likeness (QED) is 0.565. The predicted molar refractivity (Wildman–Crippen MR) is 85.6 cm³/mol. The highest BCUT2D eigenvalue weighted by molar-refractivity contribution is 5.75. The summed E-state index contributed by atoms with van der Waals surface area (Å²) in [6.07, 6.45) is 4.06. The van der Waals surface area contributed by atoms with Gasteiger partial charge >= 0.3 is 0 Å². The minimum Gasteiger partial charge on any atom is -0.439 e. The number of benzene rings is 1. The number of H-pyrrole nitrogens is 2. The van der Waals surface area contributed by atoms with Crippen LogP contribution in [0.25, 0.3) is 22.4 Å². The number of aldehydes is 1. The number of nitrogens with zero attached hydrogens (tertiary/aromatic N) is 2. The lowest BCUT2D eigenvalue weighted by atomic mass is 10.2. The van der Waals surface area contributed by atoms with E-state index in [-0.39, 0.29) is 0 Å². The third-order valence-corrected chi connectivity index (χ3v) is 3.43. The molecule has 0 aliphatic heterocycles. The van der Waals surface area contributed by atoms with Crippen LogP contribution < -0.4 is 4.74 Å². The number of carbonyl (C=O) groups excluding carboxylic acids is 1. The van der Waals surface area contributed by atoms with Gasteiger partial charge in [-0.3, -0.25) is 4.79 Å². The first-order valence-corrected chi connectivity index (χ1v) is 7.04. The van der Waals surface area contributed by atoms with E-state index in [0.717, 1.165) is 22.9 Å². The topological polar surface area (TPSA) is 83.7 Å². The summed E-state index contributed by atoms with van der Waals surface area (Å²) in [7, 11) is 0. The number of imidazole rings is 1. The highest BCUT2D eigenvalue weighted by Crippen LogP contribution is 2.26. The number of aromatic amines is 2. The van der Waals surface area contributed by atoms with E-state index in [4.69, 9.17) is 4.74 Å². The van der Waals surface area contributed by atoms with Crippen molar-refractivity contribution in [3.05, 3.63) is 60.6 Å². The monoisotopic (exact) mass is 304 g/mol. The van der Waals surface area contributed by atoms with Crippen molar-refractivity contribution in [3.8, 4) is 23.0 Å². The Bertz CT molecular complexity index is 987. The number of rotatable bonds is 4. The minimum absolute atomic E-state index is 0.436. The Balaban J connectivity index is 1.63. The number of pyridine rings is 1. The Labute approximate surface area is 131 Å². The molecule has 0 saturated carbocycles. The van der Waals surface area contributed by atoms with Gasteiger partial charge in [-0.15, -0.1) is 0 Å². The molecule has 3 heterocycles. The second-order valence-corrected chi connectivity index (χ2v) is 4.99. The molecule has 2 N–H and O–H groups in total. The Morgan fingerprint density at radius 2 is 2.09 bits per heavy atom. The average Bonchev–Trinajstić information content (AvgIpc) is 3.24. The second-order valence-electron chi connectivity index (χ2n) is 4.99. The number of fused-ring (bicyclic) bond motifs is 1. The molecule has 0 fully saturated rings. The summed E-state index contributed by atoms with van der Waals surface area (Å²) in [5.41, 5.74) is 3.08. The summed E-state index contributed by atoms with van der Waals surface area (Å²) < 4.78 is 5.81. The smallest absolute Gasteiger partial charge is 0.219 e. The van der Waals surface area contributed by atoms with Gasteiger partial charge in [-0.1, -0.05) is 12.1 Å². The third-order valence-electron chi connectivity index (χ3n) is 3.43. The molecule has 0 atom stereocenters. The Kier molecular flexibility index (Phi) is 3.12. The van der Waals surface area contributed by atoms with Gasteiger partial charge in [-0.05, 0) is 24.3 Å². The van der Waals surface area contributed by atoms with E-state index in [1.165, 1.54) is 6.20 Å². The summed E-state index contributed by atoms with van der Waals surface area (Å²) in [4.78, 5) is 25.4. The lowest BCUT2D eigenvalue weighted by Crippen LogP contribution is -1.89. The van der Waals surface area contributed by atoms with Gasteiger partial charge in [0.25, 0.3) is 0 Å². The van der Waals surface area contributed by atoms with Crippen LogP contribution in [0.3, 0.4) is 0 Å². The number of hydrogen-bond donors (Lipinski definition) is 2. The maximum atomic E-state index is 10.7. The van der Waals surface area contributed by atoms with Crippen molar-refractivity contribution < 1.29 is 9.53 Å². The zero-order valence-corrected chi connectivity index (χ0v) is 12.0. The molecule has 0 aliphatic carbocycles.